The van der Waals surface area contributed by atoms with E-state index in [0.29, 0.717) is 22.6 Å². The summed E-state index contributed by atoms with van der Waals surface area (Å²) in [6.07, 6.45) is 3.79. The number of halogens is 1. The van der Waals surface area contributed by atoms with Crippen molar-refractivity contribution in [1.29, 1.82) is 0 Å². The van der Waals surface area contributed by atoms with Gasteiger partial charge >= 0.3 is 0 Å². The summed E-state index contributed by atoms with van der Waals surface area (Å²) in [4.78, 5) is 16.3. The summed E-state index contributed by atoms with van der Waals surface area (Å²) in [6.45, 7) is 0. The lowest BCUT2D eigenvalue weighted by Gasteiger charge is -2.04. The number of anilines is 1. The minimum Gasteiger partial charge on any atom is -0.399 e. The van der Waals surface area contributed by atoms with Crippen molar-refractivity contribution in [2.45, 2.75) is 18.9 Å². The van der Waals surface area contributed by atoms with Crippen molar-refractivity contribution in [3.05, 3.63) is 34.9 Å². The Bertz CT molecular complexity index is 589. The van der Waals surface area contributed by atoms with Crippen LogP contribution in [0.2, 0.25) is 0 Å². The maximum absolute atomic E-state index is 12.0. The molecular formula is C11H12ClN3O. The van der Waals surface area contributed by atoms with Crippen LogP contribution in [0.25, 0.3) is 10.9 Å². The zero-order valence-electron chi connectivity index (χ0n) is 8.59. The Morgan fingerprint density at radius 1 is 1.38 bits per heavy atom. The predicted octanol–water partition coefficient (Wildman–Crippen LogP) is 1.74. The molecule has 0 aliphatic heterocycles. The molecule has 3 rings (SSSR count). The van der Waals surface area contributed by atoms with Gasteiger partial charge in [0, 0.05) is 11.7 Å². The molecule has 0 bridgehead atoms. The fourth-order valence-electron chi connectivity index (χ4n) is 1.77. The zero-order chi connectivity index (χ0) is 10.4. The Morgan fingerprint density at radius 2 is 2.12 bits per heavy atom. The molecule has 5 heteroatoms. The summed E-state index contributed by atoms with van der Waals surface area (Å²) in [5, 5.41) is 0.615. The largest absolute Gasteiger partial charge is 0.399 e. The topological polar surface area (TPSA) is 60.9 Å². The summed E-state index contributed by atoms with van der Waals surface area (Å²) < 4.78 is 1.71. The molecule has 4 nitrogen and oxygen atoms in total. The fraction of sp³-hybridized carbons (Fsp3) is 0.273. The van der Waals surface area contributed by atoms with Crippen molar-refractivity contribution >= 4 is 29.0 Å². The third-order valence-electron chi connectivity index (χ3n) is 2.75. The van der Waals surface area contributed by atoms with Crippen LogP contribution >= 0.6 is 12.4 Å². The van der Waals surface area contributed by atoms with Crippen molar-refractivity contribution < 1.29 is 0 Å². The monoisotopic (exact) mass is 237 g/mol. The molecule has 1 aliphatic rings. The predicted molar refractivity (Wildman–Crippen MR) is 65.9 cm³/mol. The molecule has 0 amide bonds. The van der Waals surface area contributed by atoms with Crippen LogP contribution in [0.1, 0.15) is 18.9 Å². The first-order valence-electron chi connectivity index (χ1n) is 5.02. The second-order valence-corrected chi connectivity index (χ2v) is 3.96. The lowest BCUT2D eigenvalue weighted by molar-refractivity contribution is 0.698. The number of hydrogen-bond acceptors (Lipinski definition) is 3. The van der Waals surface area contributed by atoms with Crippen LogP contribution in [0.15, 0.2) is 29.3 Å². The van der Waals surface area contributed by atoms with Crippen LogP contribution in [0.5, 0.6) is 0 Å². The minimum absolute atomic E-state index is 0. The highest BCUT2D eigenvalue weighted by Crippen LogP contribution is 2.33. The summed E-state index contributed by atoms with van der Waals surface area (Å²) in [5.41, 5.74) is 7.00. The Hall–Kier alpha value is -1.55. The Morgan fingerprint density at radius 3 is 2.81 bits per heavy atom. The van der Waals surface area contributed by atoms with E-state index < -0.39 is 0 Å². The summed E-state index contributed by atoms with van der Waals surface area (Å²) >= 11 is 0. The number of nitrogens with two attached hydrogens (primary N) is 1. The molecule has 0 spiro atoms. The molecule has 1 aliphatic carbocycles. The van der Waals surface area contributed by atoms with E-state index in [1.165, 1.54) is 0 Å². The maximum Gasteiger partial charge on any atom is 0.261 e. The van der Waals surface area contributed by atoms with Gasteiger partial charge in [-0.25, -0.2) is 4.98 Å². The molecule has 16 heavy (non-hydrogen) atoms. The van der Waals surface area contributed by atoms with Gasteiger partial charge in [0.25, 0.3) is 5.56 Å². The van der Waals surface area contributed by atoms with E-state index in [1.54, 1.807) is 29.1 Å². The number of fused-ring (bicyclic) bond motifs is 1. The molecule has 1 aromatic heterocycles. The Kier molecular flexibility index (Phi) is 2.59. The van der Waals surface area contributed by atoms with Crippen LogP contribution < -0.4 is 11.3 Å². The molecule has 2 N–H and O–H groups in total. The van der Waals surface area contributed by atoms with Crippen LogP contribution in [-0.2, 0) is 0 Å². The van der Waals surface area contributed by atoms with Gasteiger partial charge in [-0.2, -0.15) is 0 Å². The molecule has 2 aromatic rings. The van der Waals surface area contributed by atoms with Crippen molar-refractivity contribution in [3.63, 3.8) is 0 Å². The number of benzene rings is 1. The molecule has 84 valence electrons. The van der Waals surface area contributed by atoms with E-state index in [4.69, 9.17) is 5.73 Å². The van der Waals surface area contributed by atoms with Gasteiger partial charge in [0.15, 0.2) is 0 Å². The van der Waals surface area contributed by atoms with Gasteiger partial charge in [0.2, 0.25) is 0 Å². The van der Waals surface area contributed by atoms with E-state index in [-0.39, 0.29) is 18.0 Å². The van der Waals surface area contributed by atoms with E-state index in [0.717, 1.165) is 12.8 Å². The van der Waals surface area contributed by atoms with Crippen molar-refractivity contribution in [2.24, 2.45) is 0 Å². The third-order valence-corrected chi connectivity index (χ3v) is 2.75. The SMILES string of the molecule is Cl.Nc1ccc2ncn(C3CC3)c(=O)c2c1. The van der Waals surface area contributed by atoms with Crippen molar-refractivity contribution in [1.82, 2.24) is 9.55 Å². The average molecular weight is 238 g/mol. The van der Waals surface area contributed by atoms with Crippen LogP contribution in [0.3, 0.4) is 0 Å². The Balaban J connectivity index is 0.000000963. The van der Waals surface area contributed by atoms with E-state index >= 15 is 0 Å². The van der Waals surface area contributed by atoms with Gasteiger partial charge in [0.05, 0.1) is 17.2 Å². The van der Waals surface area contributed by atoms with E-state index in [9.17, 15) is 4.79 Å². The first-order chi connectivity index (χ1) is 7.25. The van der Waals surface area contributed by atoms with Gasteiger partial charge in [-0.15, -0.1) is 12.4 Å². The van der Waals surface area contributed by atoms with Gasteiger partial charge < -0.3 is 5.73 Å². The number of aromatic nitrogens is 2. The smallest absolute Gasteiger partial charge is 0.261 e. The van der Waals surface area contributed by atoms with Crippen molar-refractivity contribution in [2.75, 3.05) is 5.73 Å². The number of nitrogens with zero attached hydrogens (tertiary/aromatic N) is 2. The lowest BCUT2D eigenvalue weighted by atomic mass is 10.2. The molecular weight excluding hydrogens is 226 g/mol. The van der Waals surface area contributed by atoms with Crippen LogP contribution in [-0.4, -0.2) is 9.55 Å². The quantitative estimate of drug-likeness (QED) is 0.769. The van der Waals surface area contributed by atoms with Crippen LogP contribution in [0, 0.1) is 0 Å². The van der Waals surface area contributed by atoms with Crippen LogP contribution in [0.4, 0.5) is 5.69 Å². The van der Waals surface area contributed by atoms with E-state index in [2.05, 4.69) is 4.98 Å². The molecule has 1 fully saturated rings. The zero-order valence-corrected chi connectivity index (χ0v) is 9.41. The summed E-state index contributed by atoms with van der Waals surface area (Å²) in [7, 11) is 0. The average Bonchev–Trinajstić information content (AvgIpc) is 3.03. The first-order valence-corrected chi connectivity index (χ1v) is 5.02. The summed E-state index contributed by atoms with van der Waals surface area (Å²) in [6, 6.07) is 5.60. The standard InChI is InChI=1S/C11H11N3O.ClH/c12-7-1-4-10-9(5-7)11(15)14(6-13-10)8-2-3-8;/h1,4-6,8H,2-3,12H2;1H. The molecule has 1 aromatic carbocycles. The number of nitrogen functional groups attached to an aromatic ring is 1. The van der Waals surface area contributed by atoms with Gasteiger partial charge in [-0.3, -0.25) is 9.36 Å². The molecule has 1 saturated carbocycles. The molecule has 0 saturated heterocycles. The fourth-order valence-corrected chi connectivity index (χ4v) is 1.77. The third kappa shape index (κ3) is 1.65. The highest BCUT2D eigenvalue weighted by atomic mass is 35.5. The normalized spacial score (nSPS) is 14.8. The minimum atomic E-state index is 0. The van der Waals surface area contributed by atoms with Gasteiger partial charge in [-0.05, 0) is 31.0 Å². The highest BCUT2D eigenvalue weighted by Gasteiger charge is 2.25. The Labute approximate surface area is 98.5 Å². The van der Waals surface area contributed by atoms with Gasteiger partial charge in [0.1, 0.15) is 0 Å². The van der Waals surface area contributed by atoms with Gasteiger partial charge in [-0.1, -0.05) is 0 Å². The molecule has 1 heterocycles. The van der Waals surface area contributed by atoms with E-state index in [1.807, 2.05) is 0 Å². The number of hydrogen-bond donors (Lipinski definition) is 1. The lowest BCUT2D eigenvalue weighted by Crippen LogP contribution is -2.19. The summed E-state index contributed by atoms with van der Waals surface area (Å²) in [5.74, 6) is 0. The molecule has 0 unspecified atom stereocenters. The highest BCUT2D eigenvalue weighted by molar-refractivity contribution is 5.85. The molecule has 0 atom stereocenters. The van der Waals surface area contributed by atoms with Crippen molar-refractivity contribution in [3.8, 4) is 0 Å². The maximum atomic E-state index is 12.0. The second kappa shape index (κ2) is 3.79. The first kappa shape index (κ1) is 11.0. The second-order valence-electron chi connectivity index (χ2n) is 3.96. The molecule has 0 radical (unpaired) electrons. The number of rotatable bonds is 1.